The van der Waals surface area contributed by atoms with Gasteiger partial charge >= 0.3 is 6.18 Å². The summed E-state index contributed by atoms with van der Waals surface area (Å²) in [7, 11) is 0. The number of hydrogen-bond acceptors (Lipinski definition) is 4. The minimum absolute atomic E-state index is 0.164. The molecule has 27 heavy (non-hydrogen) atoms. The monoisotopic (exact) mass is 396 g/mol. The van der Waals surface area contributed by atoms with Crippen molar-refractivity contribution in [2.24, 2.45) is 4.99 Å². The highest BCUT2D eigenvalue weighted by molar-refractivity contribution is 7.09. The number of aryl methyl sites for hydroxylation is 1. The highest BCUT2D eigenvalue weighted by Crippen LogP contribution is 2.29. The number of fused-ring (bicyclic) bond motifs is 1. The summed E-state index contributed by atoms with van der Waals surface area (Å²) in [5.74, 6) is 0.495. The number of rotatable bonds is 5. The molecule has 0 fully saturated rings. The van der Waals surface area contributed by atoms with E-state index in [2.05, 4.69) is 25.6 Å². The van der Waals surface area contributed by atoms with Crippen LogP contribution < -0.4 is 10.6 Å². The van der Waals surface area contributed by atoms with Gasteiger partial charge in [-0.2, -0.15) is 13.2 Å². The molecule has 0 saturated carbocycles. The van der Waals surface area contributed by atoms with Gasteiger partial charge in [-0.25, -0.2) is 15.0 Å². The Balaban J connectivity index is 1.67. The molecule has 0 saturated heterocycles. The Morgan fingerprint density at radius 1 is 1.26 bits per heavy atom. The third-order valence-corrected chi connectivity index (χ3v) is 4.59. The number of nitrogens with one attached hydrogen (secondary N) is 2. The first-order valence-corrected chi connectivity index (χ1v) is 9.22. The summed E-state index contributed by atoms with van der Waals surface area (Å²) in [6, 6.07) is 5.86. The summed E-state index contributed by atoms with van der Waals surface area (Å²) in [5, 5.41) is 7.42. The molecular weight excluding hydrogens is 377 g/mol. The van der Waals surface area contributed by atoms with E-state index in [4.69, 9.17) is 0 Å². The molecule has 3 rings (SSSR count). The van der Waals surface area contributed by atoms with E-state index >= 15 is 0 Å². The molecule has 0 aliphatic heterocycles. The van der Waals surface area contributed by atoms with Crippen LogP contribution in [0.25, 0.3) is 5.65 Å². The van der Waals surface area contributed by atoms with E-state index in [9.17, 15) is 13.2 Å². The van der Waals surface area contributed by atoms with Gasteiger partial charge in [0.05, 0.1) is 18.8 Å². The molecule has 0 aliphatic rings. The van der Waals surface area contributed by atoms with Gasteiger partial charge < -0.3 is 15.0 Å². The predicted octanol–water partition coefficient (Wildman–Crippen LogP) is 3.37. The van der Waals surface area contributed by atoms with E-state index in [0.29, 0.717) is 24.1 Å². The first-order valence-electron chi connectivity index (χ1n) is 8.34. The molecule has 10 heteroatoms. The van der Waals surface area contributed by atoms with Gasteiger partial charge in [0.2, 0.25) is 0 Å². The van der Waals surface area contributed by atoms with Crippen molar-refractivity contribution in [3.8, 4) is 0 Å². The molecule has 0 atom stereocenters. The van der Waals surface area contributed by atoms with E-state index in [-0.39, 0.29) is 6.54 Å². The second kappa shape index (κ2) is 7.95. The van der Waals surface area contributed by atoms with Gasteiger partial charge in [-0.05, 0) is 26.0 Å². The van der Waals surface area contributed by atoms with E-state index < -0.39 is 11.9 Å². The lowest BCUT2D eigenvalue weighted by molar-refractivity contribution is -0.140. The molecule has 0 aromatic carbocycles. The Kier molecular flexibility index (Phi) is 5.64. The Bertz CT molecular complexity index is 944. The molecule has 3 aromatic rings. The highest BCUT2D eigenvalue weighted by Gasteiger charge is 2.33. The van der Waals surface area contributed by atoms with Crippen LogP contribution >= 0.6 is 11.3 Å². The minimum atomic E-state index is -4.42. The quantitative estimate of drug-likeness (QED) is 0.513. The summed E-state index contributed by atoms with van der Waals surface area (Å²) in [6.45, 7) is 5.05. The van der Waals surface area contributed by atoms with Crippen molar-refractivity contribution in [2.75, 3.05) is 6.54 Å². The van der Waals surface area contributed by atoms with Crippen LogP contribution in [0.2, 0.25) is 0 Å². The lowest BCUT2D eigenvalue weighted by Crippen LogP contribution is -2.36. The van der Waals surface area contributed by atoms with Gasteiger partial charge in [-0.3, -0.25) is 0 Å². The summed E-state index contributed by atoms with van der Waals surface area (Å²) in [5.41, 5.74) is 1.85. The van der Waals surface area contributed by atoms with E-state index in [0.717, 1.165) is 33.8 Å². The van der Waals surface area contributed by atoms with Crippen LogP contribution in [0.15, 0.2) is 34.8 Å². The van der Waals surface area contributed by atoms with Gasteiger partial charge in [-0.15, -0.1) is 11.3 Å². The second-order valence-electron chi connectivity index (χ2n) is 5.80. The third-order valence-electron chi connectivity index (χ3n) is 3.74. The van der Waals surface area contributed by atoms with E-state index in [1.165, 1.54) is 0 Å². The average molecular weight is 396 g/mol. The van der Waals surface area contributed by atoms with Crippen molar-refractivity contribution < 1.29 is 13.2 Å². The van der Waals surface area contributed by atoms with Crippen LogP contribution in [0.4, 0.5) is 13.2 Å². The number of hydrogen-bond donors (Lipinski definition) is 2. The Hall–Kier alpha value is -2.62. The average Bonchev–Trinajstić information content (AvgIpc) is 3.24. The Morgan fingerprint density at radius 2 is 2.07 bits per heavy atom. The third kappa shape index (κ3) is 4.76. The number of imidazole rings is 1. The molecule has 0 amide bonds. The number of aliphatic imine (C=N–C) groups is 1. The maximum absolute atomic E-state index is 12.6. The van der Waals surface area contributed by atoms with Crippen LogP contribution in [-0.2, 0) is 19.3 Å². The van der Waals surface area contributed by atoms with Gasteiger partial charge in [0.1, 0.15) is 10.7 Å². The Morgan fingerprint density at radius 3 is 2.74 bits per heavy atom. The smallest absolute Gasteiger partial charge is 0.357 e. The number of aromatic nitrogens is 3. The molecule has 3 heterocycles. The van der Waals surface area contributed by atoms with E-state index in [1.807, 2.05) is 42.6 Å². The van der Waals surface area contributed by atoms with Crippen LogP contribution in [0.1, 0.15) is 29.0 Å². The van der Waals surface area contributed by atoms with Crippen LogP contribution in [0.3, 0.4) is 0 Å². The lowest BCUT2D eigenvalue weighted by Gasteiger charge is -2.09. The summed E-state index contributed by atoms with van der Waals surface area (Å²) in [6.07, 6.45) is -2.50. The number of guanidine groups is 1. The number of alkyl halides is 3. The first kappa shape index (κ1) is 19.2. The summed E-state index contributed by atoms with van der Waals surface area (Å²) >= 11 is 0.963. The number of thiazole rings is 1. The number of nitrogens with zero attached hydrogens (tertiary/aromatic N) is 4. The fourth-order valence-electron chi connectivity index (χ4n) is 2.46. The largest absolute Gasteiger partial charge is 0.434 e. The number of halogens is 3. The molecule has 0 bridgehead atoms. The predicted molar refractivity (Wildman–Crippen MR) is 98.7 cm³/mol. The minimum Gasteiger partial charge on any atom is -0.357 e. The lowest BCUT2D eigenvalue weighted by atomic mass is 10.4. The molecule has 0 unspecified atom stereocenters. The standard InChI is InChI=1S/C17H19F3N6S/c1-3-21-16(23-8-15-25-13(10-27-15)17(18,19)20)22-7-12-9-26-11(2)5-4-6-14(26)24-12/h4-6,9-10H,3,7-8H2,1-2H3,(H2,21,22,23). The zero-order valence-electron chi connectivity index (χ0n) is 14.8. The maximum atomic E-state index is 12.6. The van der Waals surface area contributed by atoms with Crippen LogP contribution in [0.5, 0.6) is 0 Å². The second-order valence-corrected chi connectivity index (χ2v) is 6.74. The van der Waals surface area contributed by atoms with Crippen LogP contribution in [-0.4, -0.2) is 26.9 Å². The van der Waals surface area contributed by atoms with Crippen molar-refractivity contribution in [3.05, 3.63) is 51.9 Å². The summed E-state index contributed by atoms with van der Waals surface area (Å²) < 4.78 is 39.9. The fourth-order valence-corrected chi connectivity index (χ4v) is 3.20. The molecule has 0 aliphatic carbocycles. The molecule has 0 spiro atoms. The van der Waals surface area contributed by atoms with Crippen LogP contribution in [0, 0.1) is 6.92 Å². The summed E-state index contributed by atoms with van der Waals surface area (Å²) in [4.78, 5) is 12.6. The van der Waals surface area contributed by atoms with Crippen molar-refractivity contribution in [2.45, 2.75) is 33.1 Å². The maximum Gasteiger partial charge on any atom is 0.434 e. The van der Waals surface area contributed by atoms with Crippen molar-refractivity contribution in [3.63, 3.8) is 0 Å². The molecule has 2 N–H and O–H groups in total. The molecular formula is C17H19F3N6S. The van der Waals surface area contributed by atoms with Gasteiger partial charge in [-0.1, -0.05) is 6.07 Å². The van der Waals surface area contributed by atoms with Crippen molar-refractivity contribution in [1.29, 1.82) is 0 Å². The molecule has 3 aromatic heterocycles. The molecule has 144 valence electrons. The van der Waals surface area contributed by atoms with E-state index in [1.54, 1.807) is 0 Å². The fraction of sp³-hybridized carbons (Fsp3) is 0.353. The SMILES string of the molecule is CCNC(=NCc1cn2c(C)cccc2n1)NCc1nc(C(F)(F)F)cs1. The topological polar surface area (TPSA) is 66.6 Å². The highest BCUT2D eigenvalue weighted by atomic mass is 32.1. The van der Waals surface area contributed by atoms with Crippen molar-refractivity contribution >= 4 is 22.9 Å². The number of pyridine rings is 1. The Labute approximate surface area is 158 Å². The van der Waals surface area contributed by atoms with Gasteiger partial charge in [0, 0.05) is 23.8 Å². The van der Waals surface area contributed by atoms with Crippen molar-refractivity contribution in [1.82, 2.24) is 25.0 Å². The van der Waals surface area contributed by atoms with Gasteiger partial charge in [0.15, 0.2) is 11.7 Å². The zero-order valence-corrected chi connectivity index (χ0v) is 15.7. The molecule has 0 radical (unpaired) electrons. The van der Waals surface area contributed by atoms with Gasteiger partial charge in [0.25, 0.3) is 0 Å². The molecule has 6 nitrogen and oxygen atoms in total. The normalized spacial score (nSPS) is 12.6. The zero-order chi connectivity index (χ0) is 19.4. The first-order chi connectivity index (χ1) is 12.9.